The number of aromatic amines is 2. The fourth-order valence-corrected chi connectivity index (χ4v) is 7.35. The lowest BCUT2D eigenvalue weighted by atomic mass is 10.0. The van der Waals surface area contributed by atoms with E-state index in [9.17, 15) is 14.4 Å². The SMILES string of the molecule is COC(=O)NC(CN1CCCC1c1ncc(-c2ccc(-c3ccc(-c4cnc(C5CCN(C(=O)C(NC(=O)OC)C(C)C)C5)[nH]4)cc3)cc2)[nH]1)C(C)C. The standard InChI is InChI=1S/C40H52N8O5/c1-24(2)33(45-39(50)52-5)23-47-18-7-8-34(47)37-42-21-32(44-37)29-15-11-27(12-16-29)26-9-13-28(14-10-26)31-20-41-36(43-31)30-17-19-48(22-30)38(49)35(25(3)4)46-40(51)53-6/h9-16,20-21,24-25,30,33-35H,7-8,17-19,22-23H2,1-6H3,(H,41,43)(H,42,44)(H,45,50)(H,46,51). The first-order valence-electron chi connectivity index (χ1n) is 18.6. The number of H-pyrrole nitrogens is 2. The lowest BCUT2D eigenvalue weighted by Crippen LogP contribution is -2.50. The van der Waals surface area contributed by atoms with Crippen molar-refractivity contribution in [1.29, 1.82) is 0 Å². The van der Waals surface area contributed by atoms with Crippen molar-refractivity contribution >= 4 is 18.1 Å². The summed E-state index contributed by atoms with van der Waals surface area (Å²) in [6.07, 6.45) is 5.65. The summed E-state index contributed by atoms with van der Waals surface area (Å²) in [5.74, 6) is 2.00. The quantitative estimate of drug-likeness (QED) is 0.132. The summed E-state index contributed by atoms with van der Waals surface area (Å²) in [5, 5.41) is 5.67. The van der Waals surface area contributed by atoms with E-state index in [1.165, 1.54) is 14.2 Å². The van der Waals surface area contributed by atoms with Gasteiger partial charge in [-0.15, -0.1) is 0 Å². The van der Waals surface area contributed by atoms with E-state index in [0.717, 1.165) is 77.6 Å². The van der Waals surface area contributed by atoms with E-state index in [-0.39, 0.29) is 35.7 Å². The number of benzene rings is 2. The van der Waals surface area contributed by atoms with Crippen molar-refractivity contribution < 1.29 is 23.9 Å². The van der Waals surface area contributed by atoms with Crippen LogP contribution in [0.2, 0.25) is 0 Å². The summed E-state index contributed by atoms with van der Waals surface area (Å²) < 4.78 is 9.58. The van der Waals surface area contributed by atoms with Gasteiger partial charge in [-0.2, -0.15) is 0 Å². The minimum absolute atomic E-state index is 0.0131. The molecular weight excluding hydrogens is 672 g/mol. The molecule has 53 heavy (non-hydrogen) atoms. The third kappa shape index (κ3) is 8.73. The van der Waals surface area contributed by atoms with E-state index < -0.39 is 18.2 Å². The third-order valence-corrected chi connectivity index (χ3v) is 10.6. The Labute approximate surface area is 311 Å². The number of nitrogens with zero attached hydrogens (tertiary/aromatic N) is 4. The molecular formula is C40H52N8O5. The van der Waals surface area contributed by atoms with Gasteiger partial charge in [0.25, 0.3) is 0 Å². The first kappa shape index (κ1) is 37.6. The molecule has 13 nitrogen and oxygen atoms in total. The second kappa shape index (κ2) is 16.7. The second-order valence-electron chi connectivity index (χ2n) is 14.8. The van der Waals surface area contributed by atoms with E-state index in [4.69, 9.17) is 14.5 Å². The molecule has 13 heteroatoms. The lowest BCUT2D eigenvalue weighted by molar-refractivity contribution is -0.133. The van der Waals surface area contributed by atoms with Gasteiger partial charge in [-0.05, 0) is 59.9 Å². The zero-order valence-corrected chi connectivity index (χ0v) is 31.5. The minimum atomic E-state index is -0.636. The monoisotopic (exact) mass is 724 g/mol. The molecule has 2 aliphatic heterocycles. The van der Waals surface area contributed by atoms with Crippen molar-refractivity contribution in [3.8, 4) is 33.6 Å². The maximum Gasteiger partial charge on any atom is 0.407 e. The van der Waals surface area contributed by atoms with Gasteiger partial charge in [0.2, 0.25) is 5.91 Å². The highest BCUT2D eigenvalue weighted by Crippen LogP contribution is 2.33. The summed E-state index contributed by atoms with van der Waals surface area (Å²) >= 11 is 0. The smallest absolute Gasteiger partial charge is 0.407 e. The molecule has 2 aliphatic rings. The fraction of sp³-hybridized carbons (Fsp3) is 0.475. The largest absolute Gasteiger partial charge is 0.453 e. The predicted octanol–water partition coefficient (Wildman–Crippen LogP) is 6.35. The van der Waals surface area contributed by atoms with E-state index >= 15 is 0 Å². The highest BCUT2D eigenvalue weighted by atomic mass is 16.5. The Morgan fingerprint density at radius 1 is 0.755 bits per heavy atom. The highest BCUT2D eigenvalue weighted by Gasteiger charge is 2.35. The molecule has 0 radical (unpaired) electrons. The molecule has 0 aliphatic carbocycles. The van der Waals surface area contributed by atoms with E-state index in [0.29, 0.717) is 13.1 Å². The molecule has 0 saturated carbocycles. The highest BCUT2D eigenvalue weighted by molar-refractivity contribution is 5.86. The number of nitrogens with one attached hydrogen (secondary N) is 4. The number of alkyl carbamates (subject to hydrolysis) is 2. The van der Waals surface area contributed by atoms with Crippen LogP contribution in [0.4, 0.5) is 9.59 Å². The topological polar surface area (TPSA) is 158 Å². The van der Waals surface area contributed by atoms with E-state index in [2.05, 4.69) is 92.9 Å². The first-order chi connectivity index (χ1) is 25.5. The van der Waals surface area contributed by atoms with Gasteiger partial charge >= 0.3 is 12.2 Å². The van der Waals surface area contributed by atoms with Crippen LogP contribution in [0, 0.1) is 11.8 Å². The van der Waals surface area contributed by atoms with Crippen molar-refractivity contribution in [2.75, 3.05) is 40.4 Å². The van der Waals surface area contributed by atoms with Crippen LogP contribution in [-0.2, 0) is 14.3 Å². The molecule has 2 aromatic carbocycles. The van der Waals surface area contributed by atoms with Crippen LogP contribution in [-0.4, -0.2) is 100 Å². The lowest BCUT2D eigenvalue weighted by Gasteiger charge is -2.30. The van der Waals surface area contributed by atoms with Crippen LogP contribution < -0.4 is 10.6 Å². The number of rotatable bonds is 12. The molecule has 4 heterocycles. The average molecular weight is 725 g/mol. The summed E-state index contributed by atoms with van der Waals surface area (Å²) in [6.45, 7) is 10.9. The van der Waals surface area contributed by atoms with E-state index in [1.807, 2.05) is 26.2 Å². The molecule has 2 fully saturated rings. The van der Waals surface area contributed by atoms with Crippen LogP contribution >= 0.6 is 0 Å². The Morgan fingerprint density at radius 3 is 1.87 bits per heavy atom. The Kier molecular flexibility index (Phi) is 11.8. The molecule has 2 saturated heterocycles. The molecule has 3 amide bonds. The van der Waals surface area contributed by atoms with Gasteiger partial charge < -0.3 is 35.0 Å². The van der Waals surface area contributed by atoms with Crippen molar-refractivity contribution in [1.82, 2.24) is 40.4 Å². The third-order valence-electron chi connectivity index (χ3n) is 10.6. The number of aromatic nitrogens is 4. The van der Waals surface area contributed by atoms with Crippen LogP contribution in [0.3, 0.4) is 0 Å². The molecule has 4 unspecified atom stereocenters. The first-order valence-corrected chi connectivity index (χ1v) is 18.6. The molecule has 282 valence electrons. The van der Waals surface area contributed by atoms with Gasteiger partial charge in [0.15, 0.2) is 0 Å². The Balaban J connectivity index is 1.06. The Morgan fingerprint density at radius 2 is 1.30 bits per heavy atom. The number of amides is 3. The summed E-state index contributed by atoms with van der Waals surface area (Å²) in [7, 11) is 2.69. The Bertz CT molecular complexity index is 1850. The molecule has 2 aromatic heterocycles. The maximum absolute atomic E-state index is 13.2. The van der Waals surface area contributed by atoms with Crippen molar-refractivity contribution in [3.05, 3.63) is 72.6 Å². The van der Waals surface area contributed by atoms with E-state index in [1.54, 1.807) is 4.90 Å². The van der Waals surface area contributed by atoms with Gasteiger partial charge in [0, 0.05) is 31.6 Å². The fourth-order valence-electron chi connectivity index (χ4n) is 7.35. The molecule has 4 aromatic rings. The molecule has 4 N–H and O–H groups in total. The number of carbonyl (C=O) groups is 3. The van der Waals surface area contributed by atoms with Crippen molar-refractivity contribution in [3.63, 3.8) is 0 Å². The number of imidazole rings is 2. The molecule has 6 rings (SSSR count). The second-order valence-corrected chi connectivity index (χ2v) is 14.8. The van der Waals surface area contributed by atoms with Crippen LogP contribution in [0.5, 0.6) is 0 Å². The summed E-state index contributed by atoms with van der Waals surface area (Å²) in [6, 6.07) is 16.4. The summed E-state index contributed by atoms with van der Waals surface area (Å²) in [5.41, 5.74) is 6.22. The molecule has 4 atom stereocenters. The number of carbonyl (C=O) groups excluding carboxylic acids is 3. The van der Waals surface area contributed by atoms with Gasteiger partial charge in [-0.3, -0.25) is 9.69 Å². The normalized spacial score (nSPS) is 18.7. The van der Waals surface area contributed by atoms with Gasteiger partial charge in [0.05, 0.1) is 44.0 Å². The average Bonchev–Trinajstić information content (AvgIpc) is 4.00. The number of methoxy groups -OCH3 is 2. The van der Waals surface area contributed by atoms with Gasteiger partial charge in [-0.25, -0.2) is 19.6 Å². The molecule has 0 bridgehead atoms. The van der Waals surface area contributed by atoms with Crippen molar-refractivity contribution in [2.24, 2.45) is 11.8 Å². The van der Waals surface area contributed by atoms with Crippen LogP contribution in [0.25, 0.3) is 33.6 Å². The van der Waals surface area contributed by atoms with Gasteiger partial charge in [-0.1, -0.05) is 76.2 Å². The number of hydrogen-bond donors (Lipinski definition) is 4. The van der Waals surface area contributed by atoms with Crippen LogP contribution in [0.1, 0.15) is 70.6 Å². The number of ether oxygens (including phenoxy) is 2. The van der Waals surface area contributed by atoms with Crippen molar-refractivity contribution in [2.45, 2.75) is 71.0 Å². The summed E-state index contributed by atoms with van der Waals surface area (Å²) in [4.78, 5) is 57.7. The van der Waals surface area contributed by atoms with Gasteiger partial charge in [0.1, 0.15) is 17.7 Å². The molecule has 0 spiro atoms. The van der Waals surface area contributed by atoms with Crippen LogP contribution in [0.15, 0.2) is 60.9 Å². The minimum Gasteiger partial charge on any atom is -0.453 e. The number of likely N-dealkylation sites (tertiary alicyclic amines) is 2. The predicted molar refractivity (Wildman–Crippen MR) is 203 cm³/mol. The maximum atomic E-state index is 13.2. The Hall–Kier alpha value is -5.17. The number of hydrogen-bond acceptors (Lipinski definition) is 8. The zero-order valence-electron chi connectivity index (χ0n) is 31.5. The zero-order chi connectivity index (χ0) is 37.6.